The first-order chi connectivity index (χ1) is 5.22. The van der Waals surface area contributed by atoms with Crippen LogP contribution in [-0.4, -0.2) is 16.4 Å². The van der Waals surface area contributed by atoms with Crippen LogP contribution in [0.1, 0.15) is 25.7 Å². The summed E-state index contributed by atoms with van der Waals surface area (Å²) in [5, 5.41) is 13.7. The lowest BCUT2D eigenvalue weighted by atomic mass is 9.78. The van der Waals surface area contributed by atoms with Gasteiger partial charge in [-0.1, -0.05) is 0 Å². The maximum Gasteiger partial charge on any atom is 0.389 e. The van der Waals surface area contributed by atoms with E-state index < -0.39 is 4.92 Å². The fraction of sp³-hybridized carbons (Fsp3) is 0.833. The van der Waals surface area contributed by atoms with Gasteiger partial charge in [-0.3, -0.25) is 4.84 Å². The molecule has 0 unspecified atom stereocenters. The molecule has 5 heteroatoms. The fourth-order valence-corrected chi connectivity index (χ4v) is 1.44. The van der Waals surface area contributed by atoms with Crippen molar-refractivity contribution in [3.63, 3.8) is 0 Å². The summed E-state index contributed by atoms with van der Waals surface area (Å²) in [7, 11) is 0. The van der Waals surface area contributed by atoms with Crippen LogP contribution in [0, 0.1) is 10.1 Å². The van der Waals surface area contributed by atoms with Gasteiger partial charge in [0.1, 0.15) is 6.42 Å². The summed E-state index contributed by atoms with van der Waals surface area (Å²) in [5.74, 6) is -0.0234. The number of nitrogens with zero attached hydrogens (tertiary/aromatic N) is 2. The molecule has 1 fully saturated rings. The van der Waals surface area contributed by atoms with E-state index in [1.807, 2.05) is 0 Å². The summed E-state index contributed by atoms with van der Waals surface area (Å²) in [5.41, 5.74) is -0.275. The smallest absolute Gasteiger partial charge is 0.358 e. The van der Waals surface area contributed by atoms with Crippen LogP contribution in [0.3, 0.4) is 0 Å². The maximum atomic E-state index is 10.2. The van der Waals surface area contributed by atoms with Crippen molar-refractivity contribution in [3.05, 3.63) is 10.1 Å². The molecule has 60 valence electrons. The van der Waals surface area contributed by atoms with E-state index in [1.54, 1.807) is 0 Å². The molecular weight excluding hydrogens is 148 g/mol. The molecule has 0 bridgehead atoms. The normalized spacial score (nSPS) is 25.6. The fourth-order valence-electron chi connectivity index (χ4n) is 1.44. The van der Waals surface area contributed by atoms with Crippen molar-refractivity contribution in [2.24, 2.45) is 5.16 Å². The highest BCUT2D eigenvalue weighted by atomic mass is 16.7. The lowest BCUT2D eigenvalue weighted by Crippen LogP contribution is -2.37. The van der Waals surface area contributed by atoms with Gasteiger partial charge in [0.15, 0.2) is 10.8 Å². The first kappa shape index (κ1) is 6.57. The van der Waals surface area contributed by atoms with E-state index in [4.69, 9.17) is 4.84 Å². The Hall–Kier alpha value is -1.13. The van der Waals surface area contributed by atoms with E-state index in [9.17, 15) is 10.1 Å². The highest BCUT2D eigenvalue weighted by Gasteiger charge is 2.50. The Morgan fingerprint density at radius 2 is 2.36 bits per heavy atom. The molecule has 0 amide bonds. The van der Waals surface area contributed by atoms with Gasteiger partial charge in [0.2, 0.25) is 0 Å². The number of hydrogen-bond donors (Lipinski definition) is 0. The number of amidine groups is 1. The lowest BCUT2D eigenvalue weighted by molar-refractivity contribution is -0.353. The predicted molar refractivity (Wildman–Crippen MR) is 36.7 cm³/mol. The van der Waals surface area contributed by atoms with Crippen molar-refractivity contribution >= 4 is 5.84 Å². The summed E-state index contributed by atoms with van der Waals surface area (Å²) in [6.45, 7) is 0. The predicted octanol–water partition coefficient (Wildman–Crippen LogP) is 0.920. The summed E-state index contributed by atoms with van der Waals surface area (Å²) in [4.78, 5) is 14.8. The van der Waals surface area contributed by atoms with Crippen LogP contribution < -0.4 is 0 Å². The third-order valence-corrected chi connectivity index (χ3v) is 2.30. The number of oxime groups is 1. The van der Waals surface area contributed by atoms with E-state index in [0.29, 0.717) is 6.42 Å². The standard InChI is InChI=1S/C6H8N2O3/c9-8(10)5-4-6(11-7-5)2-1-3-6/h1-4H2. The molecule has 2 rings (SSSR count). The Kier molecular flexibility index (Phi) is 1.15. The third-order valence-electron chi connectivity index (χ3n) is 2.30. The minimum absolute atomic E-state index is 0.0234. The van der Waals surface area contributed by atoms with E-state index in [0.717, 1.165) is 19.3 Å². The van der Waals surface area contributed by atoms with Crippen molar-refractivity contribution in [2.45, 2.75) is 31.3 Å². The van der Waals surface area contributed by atoms with Crippen LogP contribution in [-0.2, 0) is 4.84 Å². The van der Waals surface area contributed by atoms with Crippen LogP contribution >= 0.6 is 0 Å². The topological polar surface area (TPSA) is 64.7 Å². The molecular formula is C6H8N2O3. The summed E-state index contributed by atoms with van der Waals surface area (Å²) in [6.07, 6.45) is 3.31. The number of nitro groups is 1. The van der Waals surface area contributed by atoms with Gasteiger partial charge in [-0.2, -0.15) is 0 Å². The molecule has 0 aromatic carbocycles. The molecule has 0 aromatic heterocycles. The van der Waals surface area contributed by atoms with E-state index in [1.165, 1.54) is 0 Å². The molecule has 1 spiro atoms. The van der Waals surface area contributed by atoms with Gasteiger partial charge in [-0.25, -0.2) is 0 Å². The zero-order valence-corrected chi connectivity index (χ0v) is 5.95. The Labute approximate surface area is 63.2 Å². The first-order valence-electron chi connectivity index (χ1n) is 3.61. The van der Waals surface area contributed by atoms with Gasteiger partial charge in [0.25, 0.3) is 0 Å². The molecule has 0 N–H and O–H groups in total. The molecule has 1 saturated carbocycles. The average Bonchev–Trinajstić information content (AvgIpc) is 2.28. The molecule has 5 nitrogen and oxygen atoms in total. The van der Waals surface area contributed by atoms with Crippen molar-refractivity contribution in [2.75, 3.05) is 0 Å². The number of hydrogen-bond acceptors (Lipinski definition) is 4. The Morgan fingerprint density at radius 3 is 2.64 bits per heavy atom. The maximum absolute atomic E-state index is 10.2. The molecule has 0 saturated heterocycles. The van der Waals surface area contributed by atoms with Gasteiger partial charge in [-0.05, 0) is 24.2 Å². The zero-order chi connectivity index (χ0) is 7.90. The second-order valence-corrected chi connectivity index (χ2v) is 3.07. The zero-order valence-electron chi connectivity index (χ0n) is 5.95. The van der Waals surface area contributed by atoms with E-state index in [2.05, 4.69) is 5.16 Å². The van der Waals surface area contributed by atoms with E-state index in [-0.39, 0.29) is 11.4 Å². The van der Waals surface area contributed by atoms with Crippen LogP contribution in [0.5, 0.6) is 0 Å². The summed E-state index contributed by atoms with van der Waals surface area (Å²) >= 11 is 0. The van der Waals surface area contributed by atoms with Gasteiger partial charge >= 0.3 is 5.84 Å². The molecule has 11 heavy (non-hydrogen) atoms. The molecule has 2 aliphatic rings. The van der Waals surface area contributed by atoms with Crippen molar-refractivity contribution < 1.29 is 9.76 Å². The van der Waals surface area contributed by atoms with Crippen molar-refractivity contribution in [1.82, 2.24) is 0 Å². The molecule has 1 heterocycles. The van der Waals surface area contributed by atoms with Crippen LogP contribution in [0.4, 0.5) is 0 Å². The molecule has 0 atom stereocenters. The van der Waals surface area contributed by atoms with Crippen molar-refractivity contribution in [1.29, 1.82) is 0 Å². The summed E-state index contributed by atoms with van der Waals surface area (Å²) < 4.78 is 0. The quantitative estimate of drug-likeness (QED) is 0.387. The van der Waals surface area contributed by atoms with Gasteiger partial charge in [-0.15, -0.1) is 0 Å². The van der Waals surface area contributed by atoms with Crippen molar-refractivity contribution in [3.8, 4) is 0 Å². The van der Waals surface area contributed by atoms with Gasteiger partial charge < -0.3 is 10.1 Å². The highest BCUT2D eigenvalue weighted by Crippen LogP contribution is 2.42. The molecule has 1 aliphatic heterocycles. The molecule has 0 radical (unpaired) electrons. The van der Waals surface area contributed by atoms with Gasteiger partial charge in [0.05, 0.1) is 0 Å². The van der Waals surface area contributed by atoms with Crippen LogP contribution in [0.15, 0.2) is 5.16 Å². The second kappa shape index (κ2) is 1.93. The second-order valence-electron chi connectivity index (χ2n) is 3.07. The Balaban J connectivity index is 2.05. The van der Waals surface area contributed by atoms with Gasteiger partial charge in [0, 0.05) is 0 Å². The average molecular weight is 156 g/mol. The Morgan fingerprint density at radius 1 is 1.64 bits per heavy atom. The monoisotopic (exact) mass is 156 g/mol. The highest BCUT2D eigenvalue weighted by molar-refractivity contribution is 5.76. The lowest BCUT2D eigenvalue weighted by Gasteiger charge is -2.31. The van der Waals surface area contributed by atoms with Crippen LogP contribution in [0.2, 0.25) is 0 Å². The summed E-state index contributed by atoms with van der Waals surface area (Å²) in [6, 6.07) is 0. The Bertz CT molecular complexity index is 232. The minimum atomic E-state index is -0.465. The SMILES string of the molecule is O=[N+]([O-])C1=NOC2(CCC2)C1. The largest absolute Gasteiger partial charge is 0.389 e. The third kappa shape index (κ3) is 0.875. The minimum Gasteiger partial charge on any atom is -0.358 e. The number of rotatable bonds is 0. The molecule has 1 aliphatic carbocycles. The first-order valence-corrected chi connectivity index (χ1v) is 3.61. The van der Waals surface area contributed by atoms with Crippen LogP contribution in [0.25, 0.3) is 0 Å². The van der Waals surface area contributed by atoms with E-state index >= 15 is 0 Å². The molecule has 0 aromatic rings.